The van der Waals surface area contributed by atoms with Crippen LogP contribution in [0.3, 0.4) is 0 Å². The van der Waals surface area contributed by atoms with E-state index < -0.39 is 5.92 Å². The average Bonchev–Trinajstić information content (AvgIpc) is 2.46. The summed E-state index contributed by atoms with van der Waals surface area (Å²) >= 11 is 1.32. The molecule has 1 aromatic heterocycles. The molecule has 1 aromatic carbocycles. The van der Waals surface area contributed by atoms with Gasteiger partial charge in [0.2, 0.25) is 0 Å². The lowest BCUT2D eigenvalue weighted by Gasteiger charge is -2.09. The van der Waals surface area contributed by atoms with E-state index in [1.54, 1.807) is 0 Å². The number of benzene rings is 1. The summed E-state index contributed by atoms with van der Waals surface area (Å²) in [6, 6.07) is 9.89. The van der Waals surface area contributed by atoms with Crippen molar-refractivity contribution in [2.24, 2.45) is 5.92 Å². The second-order valence-electron chi connectivity index (χ2n) is 5.25. The van der Waals surface area contributed by atoms with Gasteiger partial charge in [-0.3, -0.25) is 4.79 Å². The fourth-order valence-corrected chi connectivity index (χ4v) is 3.12. The molecule has 22 heavy (non-hydrogen) atoms. The Morgan fingerprint density at radius 3 is 2.77 bits per heavy atom. The number of hydrogen-bond donors (Lipinski definition) is 1. The van der Waals surface area contributed by atoms with Gasteiger partial charge in [-0.05, 0) is 38.0 Å². The third-order valence-electron chi connectivity index (χ3n) is 3.47. The van der Waals surface area contributed by atoms with Gasteiger partial charge in [0.05, 0.1) is 22.4 Å². The van der Waals surface area contributed by atoms with Crippen molar-refractivity contribution in [2.75, 3.05) is 5.75 Å². The van der Waals surface area contributed by atoms with Gasteiger partial charge in [-0.2, -0.15) is 5.26 Å². The van der Waals surface area contributed by atoms with Crippen LogP contribution in [0.2, 0.25) is 0 Å². The summed E-state index contributed by atoms with van der Waals surface area (Å²) in [5, 5.41) is 18.3. The summed E-state index contributed by atoms with van der Waals surface area (Å²) in [5.74, 6) is -1.04. The number of nitrogens with zero attached hydrogens (tertiary/aromatic N) is 2. The zero-order valence-corrected chi connectivity index (χ0v) is 13.6. The van der Waals surface area contributed by atoms with E-state index in [9.17, 15) is 4.79 Å². The van der Waals surface area contributed by atoms with Gasteiger partial charge in [-0.1, -0.05) is 30.0 Å². The molecule has 0 aliphatic rings. The largest absolute Gasteiger partial charge is 0.308 e. The third kappa shape index (κ3) is 3.34. The molecular weight excluding hydrogens is 294 g/mol. The van der Waals surface area contributed by atoms with Crippen LogP contribution < -0.4 is 0 Å². The number of aromatic nitrogens is 1. The van der Waals surface area contributed by atoms with E-state index in [4.69, 9.17) is 10.7 Å². The van der Waals surface area contributed by atoms with Crippen LogP contribution in [0.15, 0.2) is 29.3 Å². The zero-order chi connectivity index (χ0) is 16.3. The predicted octanol–water partition coefficient (Wildman–Crippen LogP) is 3.69. The monoisotopic (exact) mass is 311 g/mol. The molecule has 0 amide bonds. The highest BCUT2D eigenvalue weighted by Gasteiger charge is 2.20. The van der Waals surface area contributed by atoms with Crippen LogP contribution in [0.25, 0.3) is 10.9 Å². The first-order chi connectivity index (χ1) is 10.4. The highest BCUT2D eigenvalue weighted by atomic mass is 32.2. The van der Waals surface area contributed by atoms with Crippen LogP contribution in [-0.2, 0) is 4.79 Å². The van der Waals surface area contributed by atoms with Gasteiger partial charge in [0, 0.05) is 11.1 Å². The van der Waals surface area contributed by atoms with E-state index in [-0.39, 0.29) is 17.2 Å². The molecule has 2 aromatic rings. The normalized spacial score (nSPS) is 11.9. The Hall–Kier alpha value is -2.19. The quantitative estimate of drug-likeness (QED) is 0.674. The number of ketones is 1. The van der Waals surface area contributed by atoms with Crippen molar-refractivity contribution in [3.05, 3.63) is 35.4 Å². The summed E-state index contributed by atoms with van der Waals surface area (Å²) < 4.78 is 0. The molecule has 0 aliphatic heterocycles. The Bertz CT molecular complexity index is 792. The topological polar surface area (TPSA) is 77.6 Å². The number of rotatable bonds is 5. The van der Waals surface area contributed by atoms with E-state index in [0.29, 0.717) is 0 Å². The lowest BCUT2D eigenvalue weighted by Crippen LogP contribution is -2.21. The fraction of sp³-hybridized carbons (Fsp3) is 0.294. The van der Waals surface area contributed by atoms with Gasteiger partial charge < -0.3 is 5.41 Å². The maximum Gasteiger partial charge on any atom is 0.165 e. The van der Waals surface area contributed by atoms with Crippen molar-refractivity contribution in [1.82, 2.24) is 4.98 Å². The number of carbonyl (C=O) groups excluding carboxylic acids is 1. The number of pyridine rings is 1. The number of para-hydroxylation sites is 1. The van der Waals surface area contributed by atoms with Gasteiger partial charge in [0.1, 0.15) is 5.92 Å². The minimum absolute atomic E-state index is 0.0894. The van der Waals surface area contributed by atoms with Crippen molar-refractivity contribution < 1.29 is 4.79 Å². The van der Waals surface area contributed by atoms with Gasteiger partial charge in [0.25, 0.3) is 0 Å². The molecule has 4 nitrogen and oxygen atoms in total. The summed E-state index contributed by atoms with van der Waals surface area (Å²) in [6.45, 7) is 5.52. The number of Topliss-reactive ketones (excluding diaryl/α,β-unsaturated/α-hetero) is 1. The second kappa shape index (κ2) is 6.71. The SMILES string of the molecule is CC(=N)[C@H](C#N)C(=O)CSc1cc(C)c2cccc(C)c2n1. The number of nitriles is 1. The van der Waals surface area contributed by atoms with Crippen molar-refractivity contribution >= 4 is 34.2 Å². The molecule has 0 saturated heterocycles. The second-order valence-corrected chi connectivity index (χ2v) is 6.24. The lowest BCUT2D eigenvalue weighted by molar-refractivity contribution is -0.117. The number of aryl methyl sites for hydroxylation is 2. The average molecular weight is 311 g/mol. The molecule has 1 N–H and O–H groups in total. The first-order valence-corrected chi connectivity index (χ1v) is 7.89. The Labute approximate surface area is 134 Å². The molecule has 112 valence electrons. The van der Waals surface area contributed by atoms with E-state index in [2.05, 4.69) is 4.98 Å². The number of carbonyl (C=O) groups is 1. The molecule has 0 radical (unpaired) electrons. The van der Waals surface area contributed by atoms with E-state index in [1.807, 2.05) is 44.2 Å². The number of nitrogens with one attached hydrogen (secondary N) is 1. The molecule has 0 unspecified atom stereocenters. The molecule has 1 heterocycles. The summed E-state index contributed by atoms with van der Waals surface area (Å²) in [6.07, 6.45) is 0. The molecule has 5 heteroatoms. The number of hydrogen-bond acceptors (Lipinski definition) is 5. The Kier molecular flexibility index (Phi) is 4.94. The minimum Gasteiger partial charge on any atom is -0.308 e. The van der Waals surface area contributed by atoms with Crippen LogP contribution in [0, 0.1) is 36.5 Å². The van der Waals surface area contributed by atoms with Gasteiger partial charge in [-0.25, -0.2) is 4.98 Å². The van der Waals surface area contributed by atoms with E-state index >= 15 is 0 Å². The molecule has 0 spiro atoms. The Morgan fingerprint density at radius 2 is 2.14 bits per heavy atom. The maximum atomic E-state index is 12.0. The molecule has 2 rings (SSSR count). The smallest absolute Gasteiger partial charge is 0.165 e. The molecule has 0 bridgehead atoms. The van der Waals surface area contributed by atoms with Crippen LogP contribution in [-0.4, -0.2) is 22.2 Å². The standard InChI is InChI=1S/C17H17N3OS/c1-10-5-4-6-13-11(2)7-16(20-17(10)13)22-9-15(21)14(8-18)12(3)19/h4-7,14,19H,9H2,1-3H3/t14-/m0/s1. The van der Waals surface area contributed by atoms with Crippen LogP contribution in [0.5, 0.6) is 0 Å². The highest BCUT2D eigenvalue weighted by molar-refractivity contribution is 7.99. The Balaban J connectivity index is 2.23. The number of fused-ring (bicyclic) bond motifs is 1. The van der Waals surface area contributed by atoms with E-state index in [1.165, 1.54) is 18.7 Å². The molecule has 0 fully saturated rings. The number of thioether (sulfide) groups is 1. The first kappa shape index (κ1) is 16.2. The first-order valence-electron chi connectivity index (χ1n) is 6.91. The maximum absolute atomic E-state index is 12.0. The summed E-state index contributed by atoms with van der Waals surface area (Å²) in [4.78, 5) is 16.6. The van der Waals surface area contributed by atoms with Crippen LogP contribution in [0.1, 0.15) is 18.1 Å². The minimum atomic E-state index is -0.948. The van der Waals surface area contributed by atoms with Crippen LogP contribution >= 0.6 is 11.8 Å². The Morgan fingerprint density at radius 1 is 1.41 bits per heavy atom. The van der Waals surface area contributed by atoms with Crippen LogP contribution in [0.4, 0.5) is 0 Å². The summed E-state index contributed by atoms with van der Waals surface area (Å²) in [5.41, 5.74) is 3.24. The van der Waals surface area contributed by atoms with Gasteiger partial charge >= 0.3 is 0 Å². The van der Waals surface area contributed by atoms with Crippen molar-refractivity contribution in [1.29, 1.82) is 10.7 Å². The lowest BCUT2D eigenvalue weighted by atomic mass is 10.0. The van der Waals surface area contributed by atoms with Crippen molar-refractivity contribution in [3.63, 3.8) is 0 Å². The summed E-state index contributed by atoms with van der Waals surface area (Å²) in [7, 11) is 0. The van der Waals surface area contributed by atoms with Crippen molar-refractivity contribution in [3.8, 4) is 6.07 Å². The molecule has 0 saturated carbocycles. The predicted molar refractivity (Wildman–Crippen MR) is 89.5 cm³/mol. The molecule has 0 aliphatic carbocycles. The van der Waals surface area contributed by atoms with Gasteiger partial charge in [0.15, 0.2) is 5.78 Å². The zero-order valence-electron chi connectivity index (χ0n) is 12.8. The van der Waals surface area contributed by atoms with E-state index in [0.717, 1.165) is 27.1 Å². The molecule has 1 atom stereocenters. The third-order valence-corrected chi connectivity index (χ3v) is 4.40. The molecular formula is C17H17N3OS. The highest BCUT2D eigenvalue weighted by Crippen LogP contribution is 2.26. The van der Waals surface area contributed by atoms with Gasteiger partial charge in [-0.15, -0.1) is 0 Å². The fourth-order valence-electron chi connectivity index (χ4n) is 2.24. The van der Waals surface area contributed by atoms with Crippen molar-refractivity contribution in [2.45, 2.75) is 25.8 Å².